The minimum absolute atomic E-state index is 0.480. The van der Waals surface area contributed by atoms with Crippen molar-refractivity contribution in [3.8, 4) is 17.3 Å². The molecule has 1 aliphatic rings. The van der Waals surface area contributed by atoms with Gasteiger partial charge < -0.3 is 4.98 Å². The van der Waals surface area contributed by atoms with E-state index in [4.69, 9.17) is 5.26 Å². The molecule has 1 fully saturated rings. The molecular weight excluding hydrogens is 246 g/mol. The summed E-state index contributed by atoms with van der Waals surface area (Å²) in [6.45, 7) is 1.88. The summed E-state index contributed by atoms with van der Waals surface area (Å²) in [7, 11) is 0. The van der Waals surface area contributed by atoms with Gasteiger partial charge in [0.1, 0.15) is 11.9 Å². The van der Waals surface area contributed by atoms with Crippen molar-refractivity contribution in [2.24, 2.45) is 0 Å². The first-order valence-electron chi connectivity index (χ1n) is 7.35. The van der Waals surface area contributed by atoms with Crippen LogP contribution < -0.4 is 0 Å². The Kier molecular flexibility index (Phi) is 3.56. The molecule has 0 saturated heterocycles. The average Bonchev–Trinajstić information content (AvgIpc) is 2.89. The first-order valence-corrected chi connectivity index (χ1v) is 7.35. The van der Waals surface area contributed by atoms with Gasteiger partial charge in [0, 0.05) is 5.56 Å². The van der Waals surface area contributed by atoms with E-state index in [1.807, 2.05) is 6.92 Å². The quantitative estimate of drug-likeness (QED) is 0.879. The van der Waals surface area contributed by atoms with Gasteiger partial charge in [0.15, 0.2) is 5.69 Å². The Morgan fingerprint density at radius 3 is 2.50 bits per heavy atom. The average molecular weight is 265 g/mol. The molecule has 0 bridgehead atoms. The third-order valence-corrected chi connectivity index (χ3v) is 4.20. The van der Waals surface area contributed by atoms with Crippen LogP contribution in [0.15, 0.2) is 24.3 Å². The summed E-state index contributed by atoms with van der Waals surface area (Å²) in [6, 6.07) is 10.8. The Labute approximate surface area is 119 Å². The van der Waals surface area contributed by atoms with Crippen molar-refractivity contribution < 1.29 is 0 Å². The van der Waals surface area contributed by atoms with Crippen LogP contribution in [-0.4, -0.2) is 9.97 Å². The zero-order valence-corrected chi connectivity index (χ0v) is 11.8. The maximum Gasteiger partial charge on any atom is 0.166 e. The standard InChI is InChI=1S/C17H19N3/c1-12-19-16(11-18)17(20-12)15-9-7-14(8-10-15)13-5-3-2-4-6-13/h7-10,13H,2-6H2,1H3,(H,19,20). The second-order valence-electron chi connectivity index (χ2n) is 5.61. The summed E-state index contributed by atoms with van der Waals surface area (Å²) in [5.41, 5.74) is 3.79. The Morgan fingerprint density at radius 1 is 1.15 bits per heavy atom. The molecule has 102 valence electrons. The van der Waals surface area contributed by atoms with E-state index in [1.165, 1.54) is 37.7 Å². The van der Waals surface area contributed by atoms with Crippen molar-refractivity contribution in [3.05, 3.63) is 41.3 Å². The van der Waals surface area contributed by atoms with Gasteiger partial charge in [0.2, 0.25) is 0 Å². The third kappa shape index (κ3) is 2.46. The van der Waals surface area contributed by atoms with E-state index in [2.05, 4.69) is 40.3 Å². The maximum absolute atomic E-state index is 9.12. The number of aryl methyl sites for hydroxylation is 1. The maximum atomic E-state index is 9.12. The van der Waals surface area contributed by atoms with Gasteiger partial charge in [0.25, 0.3) is 0 Å². The number of nitrogens with zero attached hydrogens (tertiary/aromatic N) is 2. The summed E-state index contributed by atoms with van der Waals surface area (Å²) in [4.78, 5) is 7.38. The largest absolute Gasteiger partial charge is 0.341 e. The molecule has 0 radical (unpaired) electrons. The molecule has 1 aromatic heterocycles. The van der Waals surface area contributed by atoms with Crippen LogP contribution in [0, 0.1) is 18.3 Å². The predicted octanol–water partition coefficient (Wildman–Crippen LogP) is 4.30. The molecule has 2 aromatic rings. The first-order chi connectivity index (χ1) is 9.78. The van der Waals surface area contributed by atoms with Crippen molar-refractivity contribution in [1.29, 1.82) is 5.26 Å². The molecular formula is C17H19N3. The number of aromatic nitrogens is 2. The van der Waals surface area contributed by atoms with Gasteiger partial charge in [-0.3, -0.25) is 0 Å². The van der Waals surface area contributed by atoms with E-state index < -0.39 is 0 Å². The molecule has 1 saturated carbocycles. The van der Waals surface area contributed by atoms with E-state index in [-0.39, 0.29) is 0 Å². The summed E-state index contributed by atoms with van der Waals surface area (Å²) < 4.78 is 0. The molecule has 3 nitrogen and oxygen atoms in total. The van der Waals surface area contributed by atoms with Crippen LogP contribution in [0.1, 0.15) is 55.1 Å². The fraction of sp³-hybridized carbons (Fsp3) is 0.412. The fourth-order valence-corrected chi connectivity index (χ4v) is 3.14. The van der Waals surface area contributed by atoms with E-state index in [9.17, 15) is 0 Å². The van der Waals surface area contributed by atoms with E-state index in [0.29, 0.717) is 5.69 Å². The number of nitrogens with one attached hydrogen (secondary N) is 1. The van der Waals surface area contributed by atoms with Crippen molar-refractivity contribution in [3.63, 3.8) is 0 Å². The highest BCUT2D eigenvalue weighted by Gasteiger charge is 2.16. The summed E-state index contributed by atoms with van der Waals surface area (Å²) in [5.74, 6) is 1.50. The SMILES string of the molecule is Cc1nc(C#N)c(-c2ccc(C3CCCCC3)cc2)[nH]1. The molecule has 1 aromatic carbocycles. The molecule has 20 heavy (non-hydrogen) atoms. The van der Waals surface area contributed by atoms with Crippen LogP contribution in [0.2, 0.25) is 0 Å². The molecule has 1 aliphatic carbocycles. The molecule has 0 unspecified atom stereocenters. The molecule has 0 atom stereocenters. The van der Waals surface area contributed by atoms with E-state index in [0.717, 1.165) is 23.0 Å². The Hall–Kier alpha value is -2.08. The van der Waals surface area contributed by atoms with E-state index >= 15 is 0 Å². The predicted molar refractivity (Wildman–Crippen MR) is 79.3 cm³/mol. The first kappa shape index (κ1) is 12.9. The zero-order chi connectivity index (χ0) is 13.9. The highest BCUT2D eigenvalue weighted by Crippen LogP contribution is 2.33. The molecule has 3 rings (SSSR count). The van der Waals surface area contributed by atoms with Crippen LogP contribution >= 0.6 is 0 Å². The lowest BCUT2D eigenvalue weighted by Gasteiger charge is -2.22. The highest BCUT2D eigenvalue weighted by molar-refractivity contribution is 5.65. The lowest BCUT2D eigenvalue weighted by Crippen LogP contribution is -2.04. The number of rotatable bonds is 2. The second-order valence-corrected chi connectivity index (χ2v) is 5.61. The van der Waals surface area contributed by atoms with E-state index in [1.54, 1.807) is 0 Å². The van der Waals surface area contributed by atoms with Gasteiger partial charge in [-0.05, 0) is 31.2 Å². The smallest absolute Gasteiger partial charge is 0.166 e. The normalized spacial score (nSPS) is 16.0. The lowest BCUT2D eigenvalue weighted by molar-refractivity contribution is 0.443. The summed E-state index contributed by atoms with van der Waals surface area (Å²) in [6.07, 6.45) is 6.71. The molecule has 0 aliphatic heterocycles. The van der Waals surface area contributed by atoms with Crippen molar-refractivity contribution >= 4 is 0 Å². The molecule has 0 spiro atoms. The van der Waals surface area contributed by atoms with Gasteiger partial charge in [-0.25, -0.2) is 4.98 Å². The summed E-state index contributed by atoms with van der Waals surface area (Å²) >= 11 is 0. The minimum atomic E-state index is 0.480. The topological polar surface area (TPSA) is 52.5 Å². The number of H-pyrrole nitrogens is 1. The monoisotopic (exact) mass is 265 g/mol. The summed E-state index contributed by atoms with van der Waals surface area (Å²) in [5, 5.41) is 9.12. The Balaban J connectivity index is 1.87. The number of aromatic amines is 1. The lowest BCUT2D eigenvalue weighted by atomic mass is 9.84. The minimum Gasteiger partial charge on any atom is -0.341 e. The van der Waals surface area contributed by atoms with Crippen molar-refractivity contribution in [2.45, 2.75) is 44.9 Å². The second kappa shape index (κ2) is 5.50. The Morgan fingerprint density at radius 2 is 1.85 bits per heavy atom. The number of imidazole rings is 1. The Bertz CT molecular complexity index is 625. The van der Waals surface area contributed by atoms with Gasteiger partial charge in [-0.1, -0.05) is 43.5 Å². The zero-order valence-electron chi connectivity index (χ0n) is 11.8. The third-order valence-electron chi connectivity index (χ3n) is 4.20. The number of hydrogen-bond donors (Lipinski definition) is 1. The van der Waals surface area contributed by atoms with Gasteiger partial charge in [-0.15, -0.1) is 0 Å². The highest BCUT2D eigenvalue weighted by atomic mass is 14.9. The molecule has 1 heterocycles. The van der Waals surface area contributed by atoms with Gasteiger partial charge in [0.05, 0.1) is 5.69 Å². The van der Waals surface area contributed by atoms with Crippen LogP contribution in [0.3, 0.4) is 0 Å². The van der Waals surface area contributed by atoms with Crippen LogP contribution in [-0.2, 0) is 0 Å². The molecule has 0 amide bonds. The van der Waals surface area contributed by atoms with Crippen LogP contribution in [0.4, 0.5) is 0 Å². The van der Waals surface area contributed by atoms with Crippen LogP contribution in [0.25, 0.3) is 11.3 Å². The fourth-order valence-electron chi connectivity index (χ4n) is 3.14. The number of benzene rings is 1. The molecule has 3 heteroatoms. The van der Waals surface area contributed by atoms with Crippen LogP contribution in [0.5, 0.6) is 0 Å². The van der Waals surface area contributed by atoms with Gasteiger partial charge in [-0.2, -0.15) is 5.26 Å². The van der Waals surface area contributed by atoms with Crippen molar-refractivity contribution in [2.75, 3.05) is 0 Å². The number of hydrogen-bond acceptors (Lipinski definition) is 2. The van der Waals surface area contributed by atoms with Crippen molar-refractivity contribution in [1.82, 2.24) is 9.97 Å². The van der Waals surface area contributed by atoms with Gasteiger partial charge >= 0.3 is 0 Å². The molecule has 1 N–H and O–H groups in total. The number of nitriles is 1.